The highest BCUT2D eigenvalue weighted by atomic mass is 19.4. The molecule has 0 aliphatic carbocycles. The van der Waals surface area contributed by atoms with Gasteiger partial charge in [0, 0.05) is 5.69 Å². The van der Waals surface area contributed by atoms with E-state index >= 15 is 0 Å². The van der Waals surface area contributed by atoms with Gasteiger partial charge >= 0.3 is 12.1 Å². The van der Waals surface area contributed by atoms with Crippen molar-refractivity contribution in [3.05, 3.63) is 29.3 Å². The minimum atomic E-state index is -4.36. The summed E-state index contributed by atoms with van der Waals surface area (Å²) in [5.74, 6) is -1.19. The van der Waals surface area contributed by atoms with Crippen molar-refractivity contribution in [3.63, 3.8) is 0 Å². The number of halogens is 3. The van der Waals surface area contributed by atoms with Gasteiger partial charge in [0.1, 0.15) is 0 Å². The van der Waals surface area contributed by atoms with Gasteiger partial charge in [-0.2, -0.15) is 13.2 Å². The summed E-state index contributed by atoms with van der Waals surface area (Å²) in [7, 11) is 0. The summed E-state index contributed by atoms with van der Waals surface area (Å²) in [5, 5.41) is 8.56. The normalized spacial score (nSPS) is 11.4. The fourth-order valence-electron chi connectivity index (χ4n) is 1.36. The summed E-state index contributed by atoms with van der Waals surface area (Å²) in [6.07, 6.45) is -5.96. The van der Waals surface area contributed by atoms with Crippen LogP contribution in [0.3, 0.4) is 0 Å². The van der Waals surface area contributed by atoms with Gasteiger partial charge in [-0.15, -0.1) is 0 Å². The zero-order chi connectivity index (χ0) is 12.3. The highest BCUT2D eigenvalue weighted by Gasteiger charge is 2.29. The van der Waals surface area contributed by atoms with Crippen molar-refractivity contribution in [2.75, 3.05) is 5.73 Å². The molecule has 0 aromatic heterocycles. The zero-order valence-electron chi connectivity index (χ0n) is 8.21. The molecule has 1 aromatic carbocycles. The number of nitrogen functional groups attached to an aromatic ring is 1. The summed E-state index contributed by atoms with van der Waals surface area (Å²) in [5.41, 5.74) is 5.69. The van der Waals surface area contributed by atoms with E-state index in [2.05, 4.69) is 0 Å². The van der Waals surface area contributed by atoms with E-state index in [0.717, 1.165) is 0 Å². The maximum Gasteiger partial charge on any atom is 0.393 e. The van der Waals surface area contributed by atoms with E-state index in [1.54, 1.807) is 0 Å². The largest absolute Gasteiger partial charge is 0.481 e. The Morgan fingerprint density at radius 1 is 1.31 bits per heavy atom. The molecule has 0 spiro atoms. The van der Waals surface area contributed by atoms with E-state index in [4.69, 9.17) is 10.8 Å². The van der Waals surface area contributed by atoms with Crippen LogP contribution >= 0.6 is 0 Å². The van der Waals surface area contributed by atoms with Crippen molar-refractivity contribution in [2.24, 2.45) is 0 Å². The highest BCUT2D eigenvalue weighted by molar-refractivity contribution is 5.71. The first-order valence-corrected chi connectivity index (χ1v) is 4.44. The molecule has 16 heavy (non-hydrogen) atoms. The first-order valence-electron chi connectivity index (χ1n) is 4.44. The number of nitrogens with two attached hydrogens (primary N) is 1. The number of alkyl halides is 3. The van der Waals surface area contributed by atoms with Crippen molar-refractivity contribution < 1.29 is 23.1 Å². The van der Waals surface area contributed by atoms with Crippen molar-refractivity contribution >= 4 is 11.7 Å². The minimum Gasteiger partial charge on any atom is -0.481 e. The number of carboxylic acid groups (broad SMARTS) is 1. The Bertz CT molecular complexity index is 402. The first kappa shape index (κ1) is 12.4. The number of hydrogen-bond acceptors (Lipinski definition) is 2. The molecule has 0 atom stereocenters. The van der Waals surface area contributed by atoms with Crippen LogP contribution < -0.4 is 5.73 Å². The van der Waals surface area contributed by atoms with E-state index in [1.807, 2.05) is 0 Å². The van der Waals surface area contributed by atoms with E-state index in [9.17, 15) is 18.0 Å². The van der Waals surface area contributed by atoms with Gasteiger partial charge in [-0.3, -0.25) is 4.79 Å². The summed E-state index contributed by atoms with van der Waals surface area (Å²) in [4.78, 5) is 10.5. The standard InChI is InChI=1S/C10H10F3NO2/c11-10(12,13)5-6-1-2-8(14)3-7(6)4-9(15)16/h1-3H,4-5,14H2,(H,15,16). The molecule has 0 saturated heterocycles. The smallest absolute Gasteiger partial charge is 0.393 e. The third-order valence-corrected chi connectivity index (χ3v) is 1.96. The van der Waals surface area contributed by atoms with Crippen LogP contribution in [0.4, 0.5) is 18.9 Å². The Hall–Kier alpha value is -1.72. The van der Waals surface area contributed by atoms with Crippen LogP contribution in [0.15, 0.2) is 18.2 Å². The van der Waals surface area contributed by atoms with Gasteiger partial charge in [0.05, 0.1) is 12.8 Å². The molecule has 3 N–H and O–H groups in total. The second-order valence-corrected chi connectivity index (χ2v) is 3.39. The van der Waals surface area contributed by atoms with Crippen LogP contribution in [0.25, 0.3) is 0 Å². The van der Waals surface area contributed by atoms with Crippen molar-refractivity contribution in [3.8, 4) is 0 Å². The maximum absolute atomic E-state index is 12.2. The molecule has 0 bridgehead atoms. The third-order valence-electron chi connectivity index (χ3n) is 1.96. The number of benzene rings is 1. The Morgan fingerprint density at radius 2 is 1.94 bits per heavy atom. The SMILES string of the molecule is Nc1ccc(CC(F)(F)F)c(CC(=O)O)c1. The molecule has 0 saturated carbocycles. The highest BCUT2D eigenvalue weighted by Crippen LogP contribution is 2.25. The molecule has 6 heteroatoms. The van der Waals surface area contributed by atoms with Gasteiger partial charge in [0.2, 0.25) is 0 Å². The van der Waals surface area contributed by atoms with Gasteiger partial charge in [-0.25, -0.2) is 0 Å². The van der Waals surface area contributed by atoms with E-state index in [1.165, 1.54) is 18.2 Å². The third kappa shape index (κ3) is 3.80. The molecule has 0 aliphatic heterocycles. The zero-order valence-corrected chi connectivity index (χ0v) is 8.21. The van der Waals surface area contributed by atoms with E-state index in [-0.39, 0.29) is 16.8 Å². The summed E-state index contributed by atoms with van der Waals surface area (Å²) >= 11 is 0. The van der Waals surface area contributed by atoms with Crippen molar-refractivity contribution in [1.29, 1.82) is 0 Å². The first-order chi connectivity index (χ1) is 7.28. The second-order valence-electron chi connectivity index (χ2n) is 3.39. The fraction of sp³-hybridized carbons (Fsp3) is 0.300. The van der Waals surface area contributed by atoms with Gasteiger partial charge in [0.25, 0.3) is 0 Å². The van der Waals surface area contributed by atoms with Crippen LogP contribution in [0.2, 0.25) is 0 Å². The molecule has 0 amide bonds. The summed E-state index contributed by atoms with van der Waals surface area (Å²) < 4.78 is 36.5. The lowest BCUT2D eigenvalue weighted by Gasteiger charge is -2.11. The van der Waals surface area contributed by atoms with Gasteiger partial charge in [-0.05, 0) is 23.3 Å². The molecular weight excluding hydrogens is 223 g/mol. The average molecular weight is 233 g/mol. The lowest BCUT2D eigenvalue weighted by molar-refractivity contribution is -0.136. The topological polar surface area (TPSA) is 63.3 Å². The molecule has 0 fully saturated rings. The Kier molecular flexibility index (Phi) is 3.41. The molecule has 88 valence electrons. The van der Waals surface area contributed by atoms with Crippen molar-refractivity contribution in [2.45, 2.75) is 19.0 Å². The molecule has 0 radical (unpaired) electrons. The van der Waals surface area contributed by atoms with Crippen LogP contribution in [-0.4, -0.2) is 17.3 Å². The maximum atomic E-state index is 12.2. The fourth-order valence-corrected chi connectivity index (χ4v) is 1.36. The van der Waals surface area contributed by atoms with Crippen LogP contribution in [-0.2, 0) is 17.6 Å². The van der Waals surface area contributed by atoms with Crippen LogP contribution in [0, 0.1) is 0 Å². The number of anilines is 1. The van der Waals surface area contributed by atoms with E-state index in [0.29, 0.717) is 0 Å². The Balaban J connectivity index is 3.02. The lowest BCUT2D eigenvalue weighted by Crippen LogP contribution is -2.14. The molecule has 1 rings (SSSR count). The summed E-state index contributed by atoms with van der Waals surface area (Å²) in [6, 6.07) is 3.79. The van der Waals surface area contributed by atoms with E-state index < -0.39 is 25.0 Å². The minimum absolute atomic E-state index is 0.0518. The number of aliphatic carboxylic acids is 1. The molecule has 1 aromatic rings. The number of carboxylic acids is 1. The predicted octanol–water partition coefficient (Wildman–Crippen LogP) is 2.00. The predicted molar refractivity (Wildman–Crippen MR) is 52.0 cm³/mol. The van der Waals surface area contributed by atoms with Crippen LogP contribution in [0.1, 0.15) is 11.1 Å². The lowest BCUT2D eigenvalue weighted by atomic mass is 10.0. The number of hydrogen-bond donors (Lipinski definition) is 2. The van der Waals surface area contributed by atoms with Crippen LogP contribution in [0.5, 0.6) is 0 Å². The quantitative estimate of drug-likeness (QED) is 0.785. The molecule has 0 aliphatic rings. The van der Waals surface area contributed by atoms with Gasteiger partial charge < -0.3 is 10.8 Å². The Labute approximate surface area is 89.7 Å². The summed E-state index contributed by atoms with van der Waals surface area (Å²) in [6.45, 7) is 0. The monoisotopic (exact) mass is 233 g/mol. The van der Waals surface area contributed by atoms with Gasteiger partial charge in [-0.1, -0.05) is 6.07 Å². The second kappa shape index (κ2) is 4.42. The average Bonchev–Trinajstić information content (AvgIpc) is 2.06. The molecule has 0 unspecified atom stereocenters. The van der Waals surface area contributed by atoms with Crippen molar-refractivity contribution in [1.82, 2.24) is 0 Å². The number of carbonyl (C=O) groups is 1. The molecule has 3 nitrogen and oxygen atoms in total. The van der Waals surface area contributed by atoms with Gasteiger partial charge in [0.15, 0.2) is 0 Å². The number of rotatable bonds is 3. The molecular formula is C10H10F3NO2. The Morgan fingerprint density at radius 3 is 2.44 bits per heavy atom. The molecule has 0 heterocycles.